The van der Waals surface area contributed by atoms with Crippen LogP contribution in [-0.4, -0.2) is 67.2 Å². The summed E-state index contributed by atoms with van der Waals surface area (Å²) in [5.41, 5.74) is 0. The van der Waals surface area contributed by atoms with Crippen LogP contribution in [0.5, 0.6) is 0 Å². The maximum absolute atomic E-state index is 12.9. The Morgan fingerprint density at radius 1 is 1.18 bits per heavy atom. The zero-order valence-electron chi connectivity index (χ0n) is 18.2. The minimum atomic E-state index is -0.362. The summed E-state index contributed by atoms with van der Waals surface area (Å²) in [5.74, 6) is 0.0644. The van der Waals surface area contributed by atoms with Gasteiger partial charge in [0.1, 0.15) is 0 Å². The van der Waals surface area contributed by atoms with Gasteiger partial charge in [-0.05, 0) is 33.1 Å². The lowest BCUT2D eigenvalue weighted by molar-refractivity contribution is -0.221. The van der Waals surface area contributed by atoms with Crippen LogP contribution < -0.4 is 0 Å². The SMILES string of the molecule is CCCCCC1CCOC(CN(CCC(OCC)OCC)C(=O)C(Br)CC)O1. The third kappa shape index (κ3) is 10.0. The Kier molecular flexibility index (Phi) is 14.4. The Morgan fingerprint density at radius 3 is 2.50 bits per heavy atom. The van der Waals surface area contributed by atoms with Crippen molar-refractivity contribution in [2.75, 3.05) is 32.9 Å². The Labute approximate surface area is 179 Å². The van der Waals surface area contributed by atoms with Gasteiger partial charge in [-0.3, -0.25) is 4.79 Å². The highest BCUT2D eigenvalue weighted by atomic mass is 79.9. The molecule has 1 heterocycles. The van der Waals surface area contributed by atoms with Crippen LogP contribution in [0.3, 0.4) is 0 Å². The lowest BCUT2D eigenvalue weighted by Gasteiger charge is -2.35. The number of carbonyl (C=O) groups excluding carboxylic acids is 1. The fourth-order valence-electron chi connectivity index (χ4n) is 3.27. The third-order valence-corrected chi connectivity index (χ3v) is 5.90. The minimum Gasteiger partial charge on any atom is -0.353 e. The number of alkyl halides is 1. The van der Waals surface area contributed by atoms with Gasteiger partial charge in [0.2, 0.25) is 5.91 Å². The van der Waals surface area contributed by atoms with Crippen LogP contribution in [0.25, 0.3) is 0 Å². The summed E-state index contributed by atoms with van der Waals surface area (Å²) in [6, 6.07) is 0. The van der Waals surface area contributed by atoms with E-state index < -0.39 is 0 Å². The van der Waals surface area contributed by atoms with Crippen molar-refractivity contribution in [2.45, 2.75) is 96.2 Å². The summed E-state index contributed by atoms with van der Waals surface area (Å²) < 4.78 is 23.2. The molecular formula is C21H40BrNO5. The summed E-state index contributed by atoms with van der Waals surface area (Å²) in [7, 11) is 0. The molecule has 1 amide bonds. The maximum Gasteiger partial charge on any atom is 0.236 e. The molecule has 1 saturated heterocycles. The number of hydrogen-bond acceptors (Lipinski definition) is 5. The lowest BCUT2D eigenvalue weighted by Crippen LogP contribution is -2.46. The number of hydrogen-bond donors (Lipinski definition) is 0. The molecule has 0 aromatic heterocycles. The van der Waals surface area contributed by atoms with Crippen molar-refractivity contribution in [2.24, 2.45) is 0 Å². The highest BCUT2D eigenvalue weighted by Gasteiger charge is 2.29. The summed E-state index contributed by atoms with van der Waals surface area (Å²) in [4.78, 5) is 14.5. The number of unbranched alkanes of at least 4 members (excludes halogenated alkanes) is 2. The van der Waals surface area contributed by atoms with E-state index in [1.165, 1.54) is 19.3 Å². The van der Waals surface area contributed by atoms with Crippen molar-refractivity contribution in [3.8, 4) is 0 Å². The molecule has 1 aliphatic heterocycles. The molecule has 0 aromatic rings. The van der Waals surface area contributed by atoms with Gasteiger partial charge in [0, 0.05) is 26.2 Å². The average molecular weight is 466 g/mol. The van der Waals surface area contributed by atoms with E-state index >= 15 is 0 Å². The maximum atomic E-state index is 12.9. The topological polar surface area (TPSA) is 57.2 Å². The van der Waals surface area contributed by atoms with Gasteiger partial charge in [0.15, 0.2) is 12.6 Å². The average Bonchev–Trinajstić information content (AvgIpc) is 2.70. The normalized spacial score (nSPS) is 21.1. The van der Waals surface area contributed by atoms with Crippen LogP contribution in [0.15, 0.2) is 0 Å². The number of amides is 1. The number of rotatable bonds is 15. The van der Waals surface area contributed by atoms with Crippen LogP contribution in [0, 0.1) is 0 Å². The van der Waals surface area contributed by atoms with Crippen molar-refractivity contribution in [3.63, 3.8) is 0 Å². The van der Waals surface area contributed by atoms with E-state index in [-0.39, 0.29) is 29.4 Å². The van der Waals surface area contributed by atoms with E-state index in [0.717, 1.165) is 19.3 Å². The largest absolute Gasteiger partial charge is 0.353 e. The molecule has 0 aromatic carbocycles. The highest BCUT2D eigenvalue weighted by Crippen LogP contribution is 2.20. The predicted molar refractivity (Wildman–Crippen MR) is 115 cm³/mol. The van der Waals surface area contributed by atoms with Gasteiger partial charge in [-0.2, -0.15) is 0 Å². The Bertz CT molecular complexity index is 406. The molecule has 0 aliphatic carbocycles. The predicted octanol–water partition coefficient (Wildman–Crippen LogP) is 4.49. The molecule has 0 saturated carbocycles. The second-order valence-corrected chi connectivity index (χ2v) is 8.24. The van der Waals surface area contributed by atoms with Gasteiger partial charge in [-0.15, -0.1) is 0 Å². The zero-order chi connectivity index (χ0) is 20.8. The zero-order valence-corrected chi connectivity index (χ0v) is 19.7. The number of halogens is 1. The molecule has 3 atom stereocenters. The van der Waals surface area contributed by atoms with Gasteiger partial charge in [-0.25, -0.2) is 0 Å². The summed E-state index contributed by atoms with van der Waals surface area (Å²) >= 11 is 3.49. The summed E-state index contributed by atoms with van der Waals surface area (Å²) in [6.07, 6.45) is 6.55. The number of carbonyl (C=O) groups is 1. The number of ether oxygens (including phenoxy) is 4. The lowest BCUT2D eigenvalue weighted by atomic mass is 10.1. The van der Waals surface area contributed by atoms with Crippen molar-refractivity contribution >= 4 is 21.8 Å². The molecule has 28 heavy (non-hydrogen) atoms. The first kappa shape index (κ1) is 25.8. The van der Waals surface area contributed by atoms with E-state index in [4.69, 9.17) is 18.9 Å². The van der Waals surface area contributed by atoms with Crippen molar-refractivity contribution in [1.29, 1.82) is 0 Å². The summed E-state index contributed by atoms with van der Waals surface area (Å²) in [6.45, 7) is 11.0. The van der Waals surface area contributed by atoms with E-state index in [1.807, 2.05) is 25.7 Å². The van der Waals surface area contributed by atoms with Crippen LogP contribution in [-0.2, 0) is 23.7 Å². The fraction of sp³-hybridized carbons (Fsp3) is 0.952. The molecule has 6 nitrogen and oxygen atoms in total. The Hall–Kier alpha value is -0.210. The van der Waals surface area contributed by atoms with Gasteiger partial charge < -0.3 is 23.8 Å². The molecule has 7 heteroatoms. The smallest absolute Gasteiger partial charge is 0.236 e. The molecule has 1 rings (SSSR count). The van der Waals surface area contributed by atoms with Crippen molar-refractivity contribution in [3.05, 3.63) is 0 Å². The second-order valence-electron chi connectivity index (χ2n) is 7.13. The molecular weight excluding hydrogens is 426 g/mol. The first-order valence-electron chi connectivity index (χ1n) is 11.0. The monoisotopic (exact) mass is 465 g/mol. The second kappa shape index (κ2) is 15.6. The molecule has 3 unspecified atom stereocenters. The molecule has 0 radical (unpaired) electrons. The van der Waals surface area contributed by atoms with Gasteiger partial charge in [0.25, 0.3) is 0 Å². The standard InChI is InChI=1S/C21H40BrNO5/c1-5-9-10-11-17-13-15-27-20(28-17)16-23(21(24)18(22)6-2)14-12-19(25-7-3)26-8-4/h17-20H,5-16H2,1-4H3. The minimum absolute atomic E-state index is 0.0644. The van der Waals surface area contributed by atoms with E-state index in [1.54, 1.807) is 0 Å². The summed E-state index contributed by atoms with van der Waals surface area (Å²) in [5, 5.41) is 0. The molecule has 0 bridgehead atoms. The van der Waals surface area contributed by atoms with Gasteiger partial charge in [0.05, 0.1) is 24.1 Å². The molecule has 0 N–H and O–H groups in total. The quantitative estimate of drug-likeness (QED) is 0.202. The first-order chi connectivity index (χ1) is 13.5. The molecule has 0 spiro atoms. The molecule has 1 aliphatic rings. The van der Waals surface area contributed by atoms with Crippen molar-refractivity contribution in [1.82, 2.24) is 4.90 Å². The Morgan fingerprint density at radius 2 is 1.89 bits per heavy atom. The number of nitrogens with zero attached hydrogens (tertiary/aromatic N) is 1. The fourth-order valence-corrected chi connectivity index (χ4v) is 3.56. The highest BCUT2D eigenvalue weighted by molar-refractivity contribution is 9.10. The van der Waals surface area contributed by atoms with Crippen LogP contribution in [0.2, 0.25) is 0 Å². The van der Waals surface area contributed by atoms with Crippen LogP contribution in [0.4, 0.5) is 0 Å². The van der Waals surface area contributed by atoms with E-state index in [0.29, 0.717) is 39.3 Å². The van der Waals surface area contributed by atoms with E-state index in [2.05, 4.69) is 22.9 Å². The third-order valence-electron chi connectivity index (χ3n) is 4.86. The Balaban J connectivity index is 2.64. The van der Waals surface area contributed by atoms with Gasteiger partial charge in [-0.1, -0.05) is 49.0 Å². The van der Waals surface area contributed by atoms with Crippen LogP contribution in [0.1, 0.15) is 72.6 Å². The van der Waals surface area contributed by atoms with Crippen LogP contribution >= 0.6 is 15.9 Å². The molecule has 1 fully saturated rings. The van der Waals surface area contributed by atoms with E-state index in [9.17, 15) is 4.79 Å². The first-order valence-corrected chi connectivity index (χ1v) is 11.9. The van der Waals surface area contributed by atoms with Crippen molar-refractivity contribution < 1.29 is 23.7 Å². The van der Waals surface area contributed by atoms with Gasteiger partial charge >= 0.3 is 0 Å². The molecule has 166 valence electrons.